The molecule has 0 radical (unpaired) electrons. The zero-order valence-corrected chi connectivity index (χ0v) is 10.0. The standard InChI is InChI=1S/C12H12N4S/c13-5-4-11-15-7-12-16(11)10(8-17-12)9-3-1-2-6-14-9/h1-3,6-8H,4-5,13H2. The number of hydrogen-bond acceptors (Lipinski definition) is 4. The van der Waals surface area contributed by atoms with Crippen molar-refractivity contribution in [2.75, 3.05) is 6.54 Å². The van der Waals surface area contributed by atoms with Crippen LogP contribution in [0.15, 0.2) is 36.0 Å². The molecule has 0 aromatic carbocycles. The molecule has 17 heavy (non-hydrogen) atoms. The normalized spacial score (nSPS) is 11.1. The first kappa shape index (κ1) is 10.4. The van der Waals surface area contributed by atoms with Crippen LogP contribution in [0.1, 0.15) is 5.82 Å². The number of rotatable bonds is 3. The molecule has 0 aliphatic carbocycles. The van der Waals surface area contributed by atoms with Crippen molar-refractivity contribution in [1.29, 1.82) is 0 Å². The van der Waals surface area contributed by atoms with Crippen LogP contribution in [-0.2, 0) is 6.42 Å². The van der Waals surface area contributed by atoms with E-state index in [2.05, 4.69) is 19.7 Å². The van der Waals surface area contributed by atoms with Gasteiger partial charge in [0.25, 0.3) is 0 Å². The van der Waals surface area contributed by atoms with Crippen molar-refractivity contribution in [3.63, 3.8) is 0 Å². The van der Waals surface area contributed by atoms with E-state index in [9.17, 15) is 0 Å². The molecule has 0 aliphatic heterocycles. The van der Waals surface area contributed by atoms with Gasteiger partial charge in [-0.15, -0.1) is 11.3 Å². The molecule has 86 valence electrons. The highest BCUT2D eigenvalue weighted by Crippen LogP contribution is 2.26. The predicted octanol–water partition coefficient (Wildman–Crippen LogP) is 1.96. The zero-order valence-electron chi connectivity index (χ0n) is 9.21. The third kappa shape index (κ3) is 1.73. The summed E-state index contributed by atoms with van der Waals surface area (Å²) in [5.74, 6) is 1.00. The number of aromatic nitrogens is 3. The molecule has 0 unspecified atom stereocenters. The lowest BCUT2D eigenvalue weighted by Gasteiger charge is -2.01. The maximum absolute atomic E-state index is 5.60. The van der Waals surface area contributed by atoms with Crippen LogP contribution in [0.5, 0.6) is 0 Å². The van der Waals surface area contributed by atoms with Crippen molar-refractivity contribution in [1.82, 2.24) is 14.4 Å². The molecule has 0 saturated carbocycles. The summed E-state index contributed by atoms with van der Waals surface area (Å²) in [4.78, 5) is 9.91. The molecule has 0 amide bonds. The average Bonchev–Trinajstić information content (AvgIpc) is 2.94. The summed E-state index contributed by atoms with van der Waals surface area (Å²) >= 11 is 1.68. The van der Waals surface area contributed by atoms with Gasteiger partial charge in [0, 0.05) is 18.0 Å². The first-order valence-electron chi connectivity index (χ1n) is 5.45. The Kier molecular flexibility index (Phi) is 2.62. The van der Waals surface area contributed by atoms with Gasteiger partial charge in [-0.05, 0) is 18.7 Å². The van der Waals surface area contributed by atoms with E-state index in [0.29, 0.717) is 6.54 Å². The van der Waals surface area contributed by atoms with Crippen molar-refractivity contribution >= 4 is 16.2 Å². The van der Waals surface area contributed by atoms with Crippen molar-refractivity contribution in [3.8, 4) is 11.4 Å². The van der Waals surface area contributed by atoms with E-state index in [1.54, 1.807) is 17.5 Å². The van der Waals surface area contributed by atoms with Gasteiger partial charge in [-0.3, -0.25) is 9.38 Å². The predicted molar refractivity (Wildman–Crippen MR) is 69.1 cm³/mol. The highest BCUT2D eigenvalue weighted by molar-refractivity contribution is 7.15. The number of nitrogens with two attached hydrogens (primary N) is 1. The van der Waals surface area contributed by atoms with E-state index in [4.69, 9.17) is 5.73 Å². The molecule has 0 fully saturated rings. The van der Waals surface area contributed by atoms with Gasteiger partial charge in [-0.1, -0.05) is 6.07 Å². The molecule has 4 nitrogen and oxygen atoms in total. The van der Waals surface area contributed by atoms with Crippen LogP contribution < -0.4 is 5.73 Å². The van der Waals surface area contributed by atoms with Crippen LogP contribution in [0.4, 0.5) is 0 Å². The summed E-state index contributed by atoms with van der Waals surface area (Å²) < 4.78 is 2.14. The molecule has 0 bridgehead atoms. The van der Waals surface area contributed by atoms with Gasteiger partial charge in [0.05, 0.1) is 17.6 Å². The highest BCUT2D eigenvalue weighted by Gasteiger charge is 2.11. The number of hydrogen-bond donors (Lipinski definition) is 1. The van der Waals surface area contributed by atoms with E-state index in [1.807, 2.05) is 24.4 Å². The van der Waals surface area contributed by atoms with Gasteiger partial charge < -0.3 is 5.73 Å². The first-order valence-corrected chi connectivity index (χ1v) is 6.33. The van der Waals surface area contributed by atoms with Crippen molar-refractivity contribution < 1.29 is 0 Å². The van der Waals surface area contributed by atoms with Crippen molar-refractivity contribution in [2.24, 2.45) is 5.73 Å². The minimum atomic E-state index is 0.608. The Hall–Kier alpha value is -1.72. The third-order valence-electron chi connectivity index (χ3n) is 2.63. The largest absolute Gasteiger partial charge is 0.330 e. The minimum Gasteiger partial charge on any atom is -0.330 e. The maximum Gasteiger partial charge on any atom is 0.120 e. The Morgan fingerprint density at radius 1 is 1.29 bits per heavy atom. The molecule has 3 aromatic rings. The summed E-state index contributed by atoms with van der Waals surface area (Å²) in [6, 6.07) is 5.92. The fourth-order valence-electron chi connectivity index (χ4n) is 1.88. The molecule has 5 heteroatoms. The third-order valence-corrected chi connectivity index (χ3v) is 3.50. The van der Waals surface area contributed by atoms with E-state index in [0.717, 1.165) is 28.5 Å². The summed E-state index contributed by atoms with van der Waals surface area (Å²) in [7, 11) is 0. The second kappa shape index (κ2) is 4.27. The fraction of sp³-hybridized carbons (Fsp3) is 0.167. The van der Waals surface area contributed by atoms with Crippen molar-refractivity contribution in [3.05, 3.63) is 41.8 Å². The van der Waals surface area contributed by atoms with Crippen molar-refractivity contribution in [2.45, 2.75) is 6.42 Å². The zero-order chi connectivity index (χ0) is 11.7. The van der Waals surface area contributed by atoms with E-state index in [1.165, 1.54) is 0 Å². The lowest BCUT2D eigenvalue weighted by atomic mass is 10.3. The van der Waals surface area contributed by atoms with Gasteiger partial charge >= 0.3 is 0 Å². The SMILES string of the molecule is NCCc1ncc2scc(-c3ccccn3)n12. The topological polar surface area (TPSA) is 56.2 Å². The van der Waals surface area contributed by atoms with Crippen LogP contribution in [-0.4, -0.2) is 20.9 Å². The number of fused-ring (bicyclic) bond motifs is 1. The minimum absolute atomic E-state index is 0.608. The van der Waals surface area contributed by atoms with E-state index < -0.39 is 0 Å². The Morgan fingerprint density at radius 2 is 2.24 bits per heavy atom. The van der Waals surface area contributed by atoms with Crippen LogP contribution in [0.25, 0.3) is 16.2 Å². The second-order valence-corrected chi connectivity index (χ2v) is 4.61. The molecule has 3 aromatic heterocycles. The van der Waals surface area contributed by atoms with Crippen LogP contribution in [0.3, 0.4) is 0 Å². The van der Waals surface area contributed by atoms with Crippen LogP contribution in [0, 0.1) is 0 Å². The summed E-state index contributed by atoms with van der Waals surface area (Å²) in [6.45, 7) is 0.608. The fourth-order valence-corrected chi connectivity index (χ4v) is 2.76. The molecule has 2 N–H and O–H groups in total. The monoisotopic (exact) mass is 244 g/mol. The van der Waals surface area contributed by atoms with E-state index >= 15 is 0 Å². The molecule has 0 spiro atoms. The van der Waals surface area contributed by atoms with E-state index in [-0.39, 0.29) is 0 Å². The molecule has 0 aliphatic rings. The summed E-state index contributed by atoms with van der Waals surface area (Å²) in [6.07, 6.45) is 4.48. The quantitative estimate of drug-likeness (QED) is 0.766. The smallest absolute Gasteiger partial charge is 0.120 e. The lowest BCUT2D eigenvalue weighted by molar-refractivity contribution is 0.867. The summed E-state index contributed by atoms with van der Waals surface area (Å²) in [5, 5.41) is 2.11. The number of imidazole rings is 1. The summed E-state index contributed by atoms with van der Waals surface area (Å²) in [5.41, 5.74) is 7.66. The molecular formula is C12H12N4S. The number of pyridine rings is 1. The van der Waals surface area contributed by atoms with Gasteiger partial charge in [0.15, 0.2) is 0 Å². The Labute approximate surface area is 103 Å². The first-order chi connectivity index (χ1) is 8.40. The van der Waals surface area contributed by atoms with Gasteiger partial charge in [-0.25, -0.2) is 4.98 Å². The molecule has 0 saturated heterocycles. The van der Waals surface area contributed by atoms with Gasteiger partial charge in [0.1, 0.15) is 10.7 Å². The Balaban J connectivity index is 2.19. The highest BCUT2D eigenvalue weighted by atomic mass is 32.1. The van der Waals surface area contributed by atoms with Gasteiger partial charge in [0.2, 0.25) is 0 Å². The average molecular weight is 244 g/mol. The maximum atomic E-state index is 5.60. The Morgan fingerprint density at radius 3 is 3.00 bits per heavy atom. The molecule has 0 atom stereocenters. The lowest BCUT2D eigenvalue weighted by Crippen LogP contribution is -2.06. The molecule has 3 rings (SSSR count). The number of thiazole rings is 1. The Bertz CT molecular complexity index is 626. The second-order valence-electron chi connectivity index (χ2n) is 3.72. The van der Waals surface area contributed by atoms with Crippen LogP contribution >= 0.6 is 11.3 Å². The van der Waals surface area contributed by atoms with Crippen LogP contribution in [0.2, 0.25) is 0 Å². The number of nitrogens with zero attached hydrogens (tertiary/aromatic N) is 3. The molecule has 3 heterocycles. The molecular weight excluding hydrogens is 232 g/mol. The van der Waals surface area contributed by atoms with Gasteiger partial charge in [-0.2, -0.15) is 0 Å².